The van der Waals surface area contributed by atoms with Crippen molar-refractivity contribution in [2.24, 2.45) is 0 Å². The Balaban J connectivity index is 3.72. The van der Waals surface area contributed by atoms with Gasteiger partial charge < -0.3 is 14.8 Å². The molecule has 0 aliphatic rings. The van der Waals surface area contributed by atoms with E-state index in [2.05, 4.69) is 25.2 Å². The molecular formula is C14H28N2O2. The molecule has 0 aliphatic heterocycles. The van der Waals surface area contributed by atoms with E-state index in [1.165, 1.54) is 0 Å². The molecule has 1 unspecified atom stereocenters. The Kier molecular flexibility index (Phi) is 8.17. The molecule has 0 aromatic carbocycles. The molecule has 0 aliphatic carbocycles. The zero-order valence-electron chi connectivity index (χ0n) is 12.5. The summed E-state index contributed by atoms with van der Waals surface area (Å²) in [6.07, 6.45) is 3.42. The summed E-state index contributed by atoms with van der Waals surface area (Å²) in [7, 11) is 3.56. The van der Waals surface area contributed by atoms with Gasteiger partial charge >= 0.3 is 0 Å². The Morgan fingerprint density at radius 2 is 1.89 bits per heavy atom. The van der Waals surface area contributed by atoms with E-state index in [0.717, 1.165) is 25.7 Å². The number of nitrogens with one attached hydrogen (secondary N) is 1. The van der Waals surface area contributed by atoms with Crippen molar-refractivity contribution in [3.05, 3.63) is 0 Å². The highest BCUT2D eigenvalue weighted by molar-refractivity contribution is 5.05. The molecule has 1 atom stereocenters. The van der Waals surface area contributed by atoms with E-state index < -0.39 is 5.54 Å². The van der Waals surface area contributed by atoms with Crippen LogP contribution in [0.25, 0.3) is 0 Å². The Labute approximate surface area is 112 Å². The number of hydrogen-bond acceptors (Lipinski definition) is 4. The number of nitriles is 1. The fourth-order valence-electron chi connectivity index (χ4n) is 1.67. The molecule has 0 heterocycles. The van der Waals surface area contributed by atoms with Gasteiger partial charge in [-0.05, 0) is 46.6 Å². The number of ether oxygens (including phenoxy) is 2. The summed E-state index contributed by atoms with van der Waals surface area (Å²) in [6, 6.07) is 2.35. The van der Waals surface area contributed by atoms with Crippen LogP contribution in [0.4, 0.5) is 0 Å². The maximum absolute atomic E-state index is 9.15. The predicted molar refractivity (Wildman–Crippen MR) is 73.5 cm³/mol. The molecule has 18 heavy (non-hydrogen) atoms. The lowest BCUT2D eigenvalue weighted by Gasteiger charge is -2.25. The molecule has 0 saturated heterocycles. The lowest BCUT2D eigenvalue weighted by molar-refractivity contribution is -0.0104. The van der Waals surface area contributed by atoms with Gasteiger partial charge in [-0.1, -0.05) is 6.92 Å². The molecule has 0 radical (unpaired) electrons. The van der Waals surface area contributed by atoms with Gasteiger partial charge in [-0.2, -0.15) is 5.26 Å². The molecule has 0 aromatic rings. The van der Waals surface area contributed by atoms with Crippen LogP contribution in [-0.2, 0) is 9.47 Å². The third kappa shape index (κ3) is 6.34. The van der Waals surface area contributed by atoms with Crippen molar-refractivity contribution >= 4 is 0 Å². The van der Waals surface area contributed by atoms with E-state index in [9.17, 15) is 0 Å². The van der Waals surface area contributed by atoms with Crippen LogP contribution in [-0.4, -0.2) is 38.5 Å². The van der Waals surface area contributed by atoms with E-state index >= 15 is 0 Å². The van der Waals surface area contributed by atoms with E-state index in [-0.39, 0.29) is 5.60 Å². The number of nitrogens with zero attached hydrogens (tertiary/aromatic N) is 1. The molecule has 0 amide bonds. The van der Waals surface area contributed by atoms with Gasteiger partial charge in [-0.15, -0.1) is 0 Å². The summed E-state index contributed by atoms with van der Waals surface area (Å²) in [5.41, 5.74) is -0.514. The normalized spacial score (nSPS) is 15.1. The second kappa shape index (κ2) is 8.47. The van der Waals surface area contributed by atoms with Crippen LogP contribution in [0, 0.1) is 11.3 Å². The van der Waals surface area contributed by atoms with Gasteiger partial charge in [0.25, 0.3) is 0 Å². The summed E-state index contributed by atoms with van der Waals surface area (Å²) in [4.78, 5) is 0. The summed E-state index contributed by atoms with van der Waals surface area (Å²) in [5, 5.41) is 12.3. The van der Waals surface area contributed by atoms with Gasteiger partial charge in [0.05, 0.1) is 11.7 Å². The minimum absolute atomic E-state index is 0.120. The van der Waals surface area contributed by atoms with Crippen molar-refractivity contribution in [2.75, 3.05) is 27.4 Å². The second-order valence-electron chi connectivity index (χ2n) is 5.23. The molecular weight excluding hydrogens is 228 g/mol. The van der Waals surface area contributed by atoms with Crippen LogP contribution in [0.2, 0.25) is 0 Å². The van der Waals surface area contributed by atoms with Gasteiger partial charge in [-0.3, -0.25) is 0 Å². The highest BCUT2D eigenvalue weighted by Crippen LogP contribution is 2.16. The summed E-state index contributed by atoms with van der Waals surface area (Å²) in [6.45, 7) is 7.53. The summed E-state index contributed by atoms with van der Waals surface area (Å²) >= 11 is 0. The molecule has 1 N–H and O–H groups in total. The number of methoxy groups -OCH3 is 1. The molecule has 4 heteroatoms. The Bertz CT molecular complexity index is 255. The Morgan fingerprint density at radius 1 is 1.22 bits per heavy atom. The third-order valence-corrected chi connectivity index (χ3v) is 3.59. The van der Waals surface area contributed by atoms with Crippen LogP contribution in [0.5, 0.6) is 0 Å². The van der Waals surface area contributed by atoms with Gasteiger partial charge in [0.2, 0.25) is 0 Å². The lowest BCUT2D eigenvalue weighted by atomic mass is 9.92. The zero-order valence-corrected chi connectivity index (χ0v) is 12.5. The third-order valence-electron chi connectivity index (χ3n) is 3.59. The van der Waals surface area contributed by atoms with Crippen molar-refractivity contribution < 1.29 is 9.47 Å². The van der Waals surface area contributed by atoms with Crippen molar-refractivity contribution in [3.63, 3.8) is 0 Å². The molecule has 0 rings (SSSR count). The highest BCUT2D eigenvalue weighted by atomic mass is 16.5. The average molecular weight is 256 g/mol. The van der Waals surface area contributed by atoms with Gasteiger partial charge in [-0.25, -0.2) is 0 Å². The number of rotatable bonds is 10. The van der Waals surface area contributed by atoms with Gasteiger partial charge in [0.15, 0.2) is 0 Å². The fourth-order valence-corrected chi connectivity index (χ4v) is 1.67. The molecule has 0 fully saturated rings. The van der Waals surface area contributed by atoms with Crippen molar-refractivity contribution in [3.8, 4) is 6.07 Å². The van der Waals surface area contributed by atoms with Crippen molar-refractivity contribution in [1.29, 1.82) is 5.26 Å². The quantitative estimate of drug-likeness (QED) is 0.610. The zero-order chi connectivity index (χ0) is 14.1. The van der Waals surface area contributed by atoms with Crippen LogP contribution < -0.4 is 5.32 Å². The van der Waals surface area contributed by atoms with Crippen LogP contribution in [0.15, 0.2) is 0 Å². The van der Waals surface area contributed by atoms with Crippen molar-refractivity contribution in [2.45, 2.75) is 57.6 Å². The first-order chi connectivity index (χ1) is 8.45. The first-order valence-electron chi connectivity index (χ1n) is 6.68. The lowest BCUT2D eigenvalue weighted by Crippen LogP contribution is -2.40. The highest BCUT2D eigenvalue weighted by Gasteiger charge is 2.24. The Morgan fingerprint density at radius 3 is 2.33 bits per heavy atom. The molecule has 0 aromatic heterocycles. The largest absolute Gasteiger partial charge is 0.381 e. The fraction of sp³-hybridized carbons (Fsp3) is 0.929. The maximum atomic E-state index is 9.15. The average Bonchev–Trinajstić information content (AvgIpc) is 2.39. The Hall–Kier alpha value is -0.630. The topological polar surface area (TPSA) is 54.3 Å². The number of hydrogen-bond donors (Lipinski definition) is 1. The summed E-state index contributed by atoms with van der Waals surface area (Å²) < 4.78 is 10.9. The van der Waals surface area contributed by atoms with E-state index in [1.807, 2.05) is 14.0 Å². The van der Waals surface area contributed by atoms with E-state index in [1.54, 1.807) is 7.11 Å². The van der Waals surface area contributed by atoms with E-state index in [0.29, 0.717) is 13.2 Å². The van der Waals surface area contributed by atoms with Crippen LogP contribution in [0.3, 0.4) is 0 Å². The maximum Gasteiger partial charge on any atom is 0.106 e. The standard InChI is InChI=1S/C14H28N2O2/c1-6-14(12-15,16-4)8-7-10-18-11-9-13(2,3)17-5/h16H,6-11H2,1-5H3. The minimum Gasteiger partial charge on any atom is -0.381 e. The smallest absolute Gasteiger partial charge is 0.106 e. The SMILES string of the molecule is CCC(C#N)(CCCOCCC(C)(C)OC)NC. The van der Waals surface area contributed by atoms with Gasteiger partial charge in [0, 0.05) is 20.3 Å². The van der Waals surface area contributed by atoms with Crippen LogP contribution in [0.1, 0.15) is 46.5 Å². The molecule has 0 saturated carbocycles. The minimum atomic E-state index is -0.394. The predicted octanol–water partition coefficient (Wildman–Crippen LogP) is 2.49. The first kappa shape index (κ1) is 17.4. The molecule has 106 valence electrons. The van der Waals surface area contributed by atoms with Crippen LogP contribution >= 0.6 is 0 Å². The summed E-state index contributed by atoms with van der Waals surface area (Å²) in [5.74, 6) is 0. The monoisotopic (exact) mass is 256 g/mol. The van der Waals surface area contributed by atoms with E-state index in [4.69, 9.17) is 14.7 Å². The van der Waals surface area contributed by atoms with Crippen molar-refractivity contribution in [1.82, 2.24) is 5.32 Å². The second-order valence-corrected chi connectivity index (χ2v) is 5.23. The first-order valence-corrected chi connectivity index (χ1v) is 6.68. The van der Waals surface area contributed by atoms with Gasteiger partial charge in [0.1, 0.15) is 5.54 Å². The molecule has 0 spiro atoms. The molecule has 0 bridgehead atoms. The molecule has 4 nitrogen and oxygen atoms in total.